The van der Waals surface area contributed by atoms with E-state index in [9.17, 15) is 0 Å². The maximum absolute atomic E-state index is 6.25. The van der Waals surface area contributed by atoms with Crippen LogP contribution in [0.2, 0.25) is 0 Å². The average molecular weight is 342 g/mol. The lowest BCUT2D eigenvalue weighted by Crippen LogP contribution is -2.01. The number of halogens is 1. The summed E-state index contributed by atoms with van der Waals surface area (Å²) in [6, 6.07) is 16.1. The van der Waals surface area contributed by atoms with E-state index in [4.69, 9.17) is 10.8 Å². The predicted molar refractivity (Wildman–Crippen MR) is 90.6 cm³/mol. The molecule has 1 heterocycles. The zero-order valence-corrected chi connectivity index (χ0v) is 13.6. The number of para-hydroxylation sites is 1. The number of aryl methyl sites for hydroxylation is 1. The van der Waals surface area contributed by atoms with Gasteiger partial charge in [0.2, 0.25) is 0 Å². The van der Waals surface area contributed by atoms with Gasteiger partial charge in [-0.1, -0.05) is 40.2 Å². The Balaban J connectivity index is 2.20. The number of hydrogen-bond acceptors (Lipinski definition) is 2. The summed E-state index contributed by atoms with van der Waals surface area (Å²) in [5, 5.41) is 4.72. The predicted octanol–water partition coefficient (Wildman–Crippen LogP) is 4.50. The van der Waals surface area contributed by atoms with Crippen molar-refractivity contribution in [2.24, 2.45) is 0 Å². The van der Waals surface area contributed by atoms with Gasteiger partial charge in [0.05, 0.1) is 11.4 Å². The van der Waals surface area contributed by atoms with Gasteiger partial charge in [0.25, 0.3) is 0 Å². The fourth-order valence-corrected chi connectivity index (χ4v) is 2.74. The van der Waals surface area contributed by atoms with Gasteiger partial charge in [-0.25, -0.2) is 4.68 Å². The van der Waals surface area contributed by atoms with Crippen LogP contribution >= 0.6 is 15.9 Å². The van der Waals surface area contributed by atoms with Gasteiger partial charge in [-0.05, 0) is 43.7 Å². The van der Waals surface area contributed by atoms with Crippen LogP contribution in [-0.2, 0) is 0 Å². The second-order valence-corrected chi connectivity index (χ2v) is 5.98. The van der Waals surface area contributed by atoms with Crippen LogP contribution in [0, 0.1) is 13.8 Å². The minimum atomic E-state index is 0.676. The molecule has 21 heavy (non-hydrogen) atoms. The van der Waals surface area contributed by atoms with Crippen LogP contribution in [0.3, 0.4) is 0 Å². The lowest BCUT2D eigenvalue weighted by molar-refractivity contribution is 0.894. The Morgan fingerprint density at radius 3 is 2.48 bits per heavy atom. The molecule has 1 aromatic heterocycles. The third-order valence-electron chi connectivity index (χ3n) is 3.62. The summed E-state index contributed by atoms with van der Waals surface area (Å²) in [6.45, 7) is 4.09. The molecule has 0 unspecified atom stereocenters. The van der Waals surface area contributed by atoms with Gasteiger partial charge in [-0.2, -0.15) is 5.10 Å². The third-order valence-corrected chi connectivity index (χ3v) is 4.12. The molecular formula is C17H16BrN3. The molecule has 3 nitrogen and oxygen atoms in total. The quantitative estimate of drug-likeness (QED) is 0.745. The summed E-state index contributed by atoms with van der Waals surface area (Å²) in [5.74, 6) is 0.676. The van der Waals surface area contributed by atoms with Gasteiger partial charge in [-0.3, -0.25) is 0 Å². The summed E-state index contributed by atoms with van der Waals surface area (Å²) < 4.78 is 2.83. The monoisotopic (exact) mass is 341 g/mol. The molecule has 0 bridgehead atoms. The molecule has 2 N–H and O–H groups in total. The summed E-state index contributed by atoms with van der Waals surface area (Å²) in [7, 11) is 0. The van der Waals surface area contributed by atoms with E-state index in [1.165, 1.54) is 5.56 Å². The highest BCUT2D eigenvalue weighted by atomic mass is 79.9. The smallest absolute Gasteiger partial charge is 0.130 e. The molecule has 0 spiro atoms. The van der Waals surface area contributed by atoms with E-state index in [0.717, 1.165) is 27.0 Å². The molecule has 0 amide bonds. The Hall–Kier alpha value is -2.07. The van der Waals surface area contributed by atoms with Crippen molar-refractivity contribution in [3.05, 3.63) is 64.1 Å². The van der Waals surface area contributed by atoms with E-state index in [2.05, 4.69) is 35.0 Å². The van der Waals surface area contributed by atoms with Gasteiger partial charge in [0.1, 0.15) is 5.82 Å². The van der Waals surface area contributed by atoms with Crippen molar-refractivity contribution < 1.29 is 0 Å². The fraction of sp³-hybridized carbons (Fsp3) is 0.118. The normalized spacial score (nSPS) is 10.8. The average Bonchev–Trinajstić information content (AvgIpc) is 2.79. The first-order valence-electron chi connectivity index (χ1n) is 6.75. The molecule has 0 saturated carbocycles. The van der Waals surface area contributed by atoms with Crippen LogP contribution in [0.1, 0.15) is 11.1 Å². The number of nitrogens with two attached hydrogens (primary N) is 1. The minimum absolute atomic E-state index is 0.676. The molecule has 0 radical (unpaired) electrons. The van der Waals surface area contributed by atoms with Crippen molar-refractivity contribution in [1.29, 1.82) is 0 Å². The third kappa shape index (κ3) is 2.47. The highest BCUT2D eigenvalue weighted by Gasteiger charge is 2.16. The second-order valence-electron chi connectivity index (χ2n) is 5.07. The Bertz CT molecular complexity index is 791. The molecule has 106 valence electrons. The Morgan fingerprint density at radius 1 is 1.05 bits per heavy atom. The van der Waals surface area contributed by atoms with E-state index in [-0.39, 0.29) is 0 Å². The second kappa shape index (κ2) is 5.37. The maximum Gasteiger partial charge on any atom is 0.130 e. The van der Waals surface area contributed by atoms with E-state index in [1.807, 2.05) is 43.3 Å². The highest BCUT2D eigenvalue weighted by molar-refractivity contribution is 9.10. The molecule has 2 aromatic carbocycles. The number of anilines is 1. The van der Waals surface area contributed by atoms with Gasteiger partial charge in [0.15, 0.2) is 0 Å². The maximum atomic E-state index is 6.25. The highest BCUT2D eigenvalue weighted by Crippen LogP contribution is 2.32. The minimum Gasteiger partial charge on any atom is -0.383 e. The number of nitrogens with zero attached hydrogens (tertiary/aromatic N) is 2. The molecule has 0 atom stereocenters. The molecule has 0 saturated heterocycles. The number of nitrogen functional groups attached to an aromatic ring is 1. The van der Waals surface area contributed by atoms with Crippen LogP contribution in [0.25, 0.3) is 16.9 Å². The largest absolute Gasteiger partial charge is 0.383 e. The molecule has 3 aromatic rings. The topological polar surface area (TPSA) is 43.8 Å². The molecular weight excluding hydrogens is 326 g/mol. The molecule has 0 aliphatic carbocycles. The van der Waals surface area contributed by atoms with Crippen molar-refractivity contribution in [1.82, 2.24) is 9.78 Å². The number of aromatic nitrogens is 2. The van der Waals surface area contributed by atoms with Crippen molar-refractivity contribution >= 4 is 21.7 Å². The Kier molecular flexibility index (Phi) is 3.55. The van der Waals surface area contributed by atoms with Crippen LogP contribution < -0.4 is 5.73 Å². The van der Waals surface area contributed by atoms with E-state index in [1.54, 1.807) is 4.68 Å². The molecule has 0 fully saturated rings. The number of rotatable bonds is 2. The lowest BCUT2D eigenvalue weighted by atomic mass is 10.0. The Morgan fingerprint density at radius 2 is 1.76 bits per heavy atom. The van der Waals surface area contributed by atoms with E-state index < -0.39 is 0 Å². The van der Waals surface area contributed by atoms with Crippen molar-refractivity contribution in [3.8, 4) is 16.9 Å². The SMILES string of the molecule is Cc1ccc(Br)cc1-c1nn(-c2ccccc2)c(N)c1C. The fourth-order valence-electron chi connectivity index (χ4n) is 2.38. The summed E-state index contributed by atoms with van der Waals surface area (Å²) in [4.78, 5) is 0. The van der Waals surface area contributed by atoms with Crippen LogP contribution in [0.4, 0.5) is 5.82 Å². The van der Waals surface area contributed by atoms with Crippen LogP contribution in [0.5, 0.6) is 0 Å². The molecule has 0 aliphatic rings. The standard InChI is InChI=1S/C17H16BrN3/c1-11-8-9-13(18)10-15(11)16-12(2)17(19)21(20-16)14-6-4-3-5-7-14/h3-10H,19H2,1-2H3. The van der Waals surface area contributed by atoms with Gasteiger partial charge in [-0.15, -0.1) is 0 Å². The van der Waals surface area contributed by atoms with Crippen LogP contribution in [-0.4, -0.2) is 9.78 Å². The lowest BCUT2D eigenvalue weighted by Gasteiger charge is -2.04. The van der Waals surface area contributed by atoms with Crippen LogP contribution in [0.15, 0.2) is 53.0 Å². The first-order chi connectivity index (χ1) is 10.1. The number of benzene rings is 2. The first kappa shape index (κ1) is 13.9. The molecule has 4 heteroatoms. The van der Waals surface area contributed by atoms with E-state index >= 15 is 0 Å². The molecule has 3 rings (SSSR count). The summed E-state index contributed by atoms with van der Waals surface area (Å²) in [5.41, 5.74) is 11.4. The van der Waals surface area contributed by atoms with E-state index in [0.29, 0.717) is 5.82 Å². The first-order valence-corrected chi connectivity index (χ1v) is 7.54. The zero-order chi connectivity index (χ0) is 15.0. The Labute approximate surface area is 132 Å². The van der Waals surface area contributed by atoms with Gasteiger partial charge >= 0.3 is 0 Å². The van der Waals surface area contributed by atoms with Crippen molar-refractivity contribution in [2.75, 3.05) is 5.73 Å². The molecule has 0 aliphatic heterocycles. The van der Waals surface area contributed by atoms with Crippen molar-refractivity contribution in [3.63, 3.8) is 0 Å². The zero-order valence-electron chi connectivity index (χ0n) is 12.0. The summed E-state index contributed by atoms with van der Waals surface area (Å²) in [6.07, 6.45) is 0. The number of hydrogen-bond donors (Lipinski definition) is 1. The van der Waals surface area contributed by atoms with Crippen molar-refractivity contribution in [2.45, 2.75) is 13.8 Å². The van der Waals surface area contributed by atoms with Gasteiger partial charge in [0, 0.05) is 15.6 Å². The van der Waals surface area contributed by atoms with Gasteiger partial charge < -0.3 is 5.73 Å². The summed E-state index contributed by atoms with van der Waals surface area (Å²) >= 11 is 3.52.